The molecule has 3 aromatic carbocycles. The summed E-state index contributed by atoms with van der Waals surface area (Å²) in [6.07, 6.45) is 0.446. The van der Waals surface area contributed by atoms with Gasteiger partial charge in [-0.2, -0.15) is 0 Å². The third-order valence-corrected chi connectivity index (χ3v) is 8.93. The van der Waals surface area contributed by atoms with E-state index in [1.54, 1.807) is 30.3 Å². The number of aliphatic hydroxyl groups is 1. The Morgan fingerprint density at radius 2 is 1.61 bits per heavy atom. The molecule has 0 bridgehead atoms. The third kappa shape index (κ3) is 3.64. The zero-order valence-electron chi connectivity index (χ0n) is 20.6. The van der Waals surface area contributed by atoms with Crippen LogP contribution in [0.2, 0.25) is 0 Å². The van der Waals surface area contributed by atoms with Crippen LogP contribution in [0.25, 0.3) is 22.0 Å². The van der Waals surface area contributed by atoms with E-state index in [-0.39, 0.29) is 23.7 Å². The van der Waals surface area contributed by atoms with Crippen LogP contribution >= 0.6 is 0 Å². The summed E-state index contributed by atoms with van der Waals surface area (Å²) in [4.78, 5) is 24.8. The van der Waals surface area contributed by atoms with E-state index < -0.39 is 33.2 Å². The number of cyclic esters (lactones) is 1. The summed E-state index contributed by atoms with van der Waals surface area (Å²) in [5.41, 5.74) is 1.08. The molecular weight excluding hydrogens is 508 g/mol. The molecule has 1 aromatic heterocycles. The van der Waals surface area contributed by atoms with Crippen LogP contribution in [0, 0.1) is 6.92 Å². The molecule has 0 aliphatic carbocycles. The first-order chi connectivity index (χ1) is 18.0. The van der Waals surface area contributed by atoms with E-state index in [1.807, 2.05) is 31.2 Å². The van der Waals surface area contributed by atoms with Crippen molar-refractivity contribution in [3.8, 4) is 11.1 Å². The monoisotopic (exact) mass is 532 g/mol. The second-order valence-electron chi connectivity index (χ2n) is 9.87. The van der Waals surface area contributed by atoms with Crippen LogP contribution in [0.3, 0.4) is 0 Å². The summed E-state index contributed by atoms with van der Waals surface area (Å²) in [5.74, 6) is -0.681. The van der Waals surface area contributed by atoms with Gasteiger partial charge in [0.05, 0.1) is 23.6 Å². The number of carbonyl (C=O) groups excluding carboxylic acids is 2. The number of nitrogens with zero attached hydrogens (tertiary/aromatic N) is 1. The highest BCUT2D eigenvalue weighted by Gasteiger charge is 2.48. The summed E-state index contributed by atoms with van der Waals surface area (Å²) in [5, 5.41) is 13.1. The molecule has 2 amide bonds. The van der Waals surface area contributed by atoms with Gasteiger partial charge in [0.1, 0.15) is 5.60 Å². The number of aromatic nitrogens is 1. The predicted molar refractivity (Wildman–Crippen MR) is 138 cm³/mol. The zero-order valence-corrected chi connectivity index (χ0v) is 21.4. The lowest BCUT2D eigenvalue weighted by Gasteiger charge is -2.36. The maximum absolute atomic E-state index is 13.7. The maximum Gasteiger partial charge on any atom is 0.415 e. The summed E-state index contributed by atoms with van der Waals surface area (Å²) >= 11 is 0. The van der Waals surface area contributed by atoms with E-state index >= 15 is 0 Å². The molecule has 2 N–H and O–H groups in total. The van der Waals surface area contributed by atoms with Crippen LogP contribution in [-0.2, 0) is 35.5 Å². The maximum atomic E-state index is 13.7. The fourth-order valence-corrected chi connectivity index (χ4v) is 6.23. The summed E-state index contributed by atoms with van der Waals surface area (Å²) < 4.78 is 39.0. The lowest BCUT2D eigenvalue weighted by atomic mass is 9.90. The molecule has 1 unspecified atom stereocenters. The normalized spacial score (nSPS) is 20.7. The van der Waals surface area contributed by atoms with Crippen LogP contribution in [0.4, 0.5) is 4.79 Å². The highest BCUT2D eigenvalue weighted by molar-refractivity contribution is 7.90. The standard InChI is InChI=1S/C28H24N2O7S/c1-17-3-10-21(11-4-17)38(34,35)30-14-23(27(2)25(31)29-26(32)37-27)22-13-19(7-12-24(22)30)18-5-8-20(9-6-18)28(33)15-36-16-28/h3-14,33H,15-16H2,1-2H3,(H,29,31,32). The van der Waals surface area contributed by atoms with Gasteiger partial charge in [-0.15, -0.1) is 0 Å². The first kappa shape index (κ1) is 24.4. The van der Waals surface area contributed by atoms with Crippen molar-refractivity contribution in [3.63, 3.8) is 0 Å². The fourth-order valence-electron chi connectivity index (χ4n) is 4.86. The Balaban J connectivity index is 1.52. The van der Waals surface area contributed by atoms with Gasteiger partial charge in [0, 0.05) is 17.1 Å². The number of alkyl carbamates (subject to hydrolysis) is 1. The SMILES string of the molecule is Cc1ccc(S(=O)(=O)n2cc(C3(C)OC(=O)NC3=O)c3cc(-c4ccc(C5(O)COC5)cc4)ccc32)cc1. The van der Waals surface area contributed by atoms with Crippen molar-refractivity contribution < 1.29 is 32.6 Å². The molecule has 38 heavy (non-hydrogen) atoms. The van der Waals surface area contributed by atoms with Crippen molar-refractivity contribution in [2.24, 2.45) is 0 Å². The van der Waals surface area contributed by atoms with Crippen molar-refractivity contribution in [1.82, 2.24) is 9.29 Å². The zero-order chi connectivity index (χ0) is 26.9. The Morgan fingerprint density at radius 3 is 2.18 bits per heavy atom. The smallest absolute Gasteiger partial charge is 0.415 e. The Labute approximate surface area is 218 Å². The molecule has 2 aliphatic heterocycles. The predicted octanol–water partition coefficient (Wildman–Crippen LogP) is 3.55. The van der Waals surface area contributed by atoms with E-state index in [2.05, 4.69) is 5.32 Å². The number of fused-ring (bicyclic) bond motifs is 1. The molecule has 2 saturated heterocycles. The molecule has 0 spiro atoms. The molecule has 3 heterocycles. The molecule has 4 aromatic rings. The van der Waals surface area contributed by atoms with E-state index in [4.69, 9.17) is 9.47 Å². The topological polar surface area (TPSA) is 124 Å². The summed E-state index contributed by atoms with van der Waals surface area (Å²) in [6, 6.07) is 19.1. The van der Waals surface area contributed by atoms with Crippen molar-refractivity contribution in [2.45, 2.75) is 29.9 Å². The minimum atomic E-state index is -4.04. The average Bonchev–Trinajstić information content (AvgIpc) is 3.39. The first-order valence-corrected chi connectivity index (χ1v) is 13.4. The van der Waals surface area contributed by atoms with Crippen LogP contribution < -0.4 is 5.32 Å². The minimum absolute atomic E-state index is 0.0853. The number of rotatable bonds is 5. The van der Waals surface area contributed by atoms with Crippen molar-refractivity contribution in [3.05, 3.63) is 89.6 Å². The first-order valence-electron chi connectivity index (χ1n) is 11.9. The van der Waals surface area contributed by atoms with Crippen molar-refractivity contribution >= 4 is 32.9 Å². The van der Waals surface area contributed by atoms with Crippen LogP contribution in [0.1, 0.15) is 23.6 Å². The fraction of sp³-hybridized carbons (Fsp3) is 0.214. The second-order valence-corrected chi connectivity index (χ2v) is 11.7. The molecule has 2 fully saturated rings. The number of nitrogens with one attached hydrogen (secondary N) is 1. The van der Waals surface area contributed by atoms with Crippen LogP contribution in [0.15, 0.2) is 77.8 Å². The van der Waals surface area contributed by atoms with Crippen LogP contribution in [0.5, 0.6) is 0 Å². The Bertz CT molecular complexity index is 1720. The van der Waals surface area contributed by atoms with E-state index in [0.29, 0.717) is 10.9 Å². The molecular formula is C28H24N2O7S. The van der Waals surface area contributed by atoms with Gasteiger partial charge in [-0.3, -0.25) is 10.1 Å². The van der Waals surface area contributed by atoms with Gasteiger partial charge in [0.15, 0.2) is 0 Å². The molecule has 10 heteroatoms. The van der Waals surface area contributed by atoms with Gasteiger partial charge in [0.2, 0.25) is 5.60 Å². The minimum Gasteiger partial charge on any atom is -0.428 e. The number of imide groups is 1. The molecule has 194 valence electrons. The quantitative estimate of drug-likeness (QED) is 0.403. The van der Waals surface area contributed by atoms with E-state index in [1.165, 1.54) is 25.3 Å². The van der Waals surface area contributed by atoms with Gasteiger partial charge in [-0.1, -0.05) is 48.0 Å². The number of amides is 2. The number of ether oxygens (including phenoxy) is 2. The van der Waals surface area contributed by atoms with Crippen molar-refractivity contribution in [2.75, 3.05) is 13.2 Å². The summed E-state index contributed by atoms with van der Waals surface area (Å²) in [6.45, 7) is 3.78. The largest absolute Gasteiger partial charge is 0.428 e. The summed E-state index contributed by atoms with van der Waals surface area (Å²) in [7, 11) is -4.04. The number of aryl methyl sites for hydroxylation is 1. The van der Waals surface area contributed by atoms with E-state index in [0.717, 1.165) is 26.2 Å². The highest BCUT2D eigenvalue weighted by Crippen LogP contribution is 2.39. The average molecular weight is 533 g/mol. The second kappa shape index (κ2) is 8.26. The molecule has 9 nitrogen and oxygen atoms in total. The number of hydrogen-bond acceptors (Lipinski definition) is 7. The van der Waals surface area contributed by atoms with Gasteiger partial charge in [-0.25, -0.2) is 17.2 Å². The number of hydrogen-bond donors (Lipinski definition) is 2. The van der Waals surface area contributed by atoms with Crippen molar-refractivity contribution in [1.29, 1.82) is 0 Å². The molecule has 0 radical (unpaired) electrons. The molecule has 0 saturated carbocycles. The number of benzene rings is 3. The Hall–Kier alpha value is -3.99. The Morgan fingerprint density at radius 1 is 0.947 bits per heavy atom. The third-order valence-electron chi connectivity index (χ3n) is 7.25. The molecule has 2 aliphatic rings. The highest BCUT2D eigenvalue weighted by atomic mass is 32.2. The van der Waals surface area contributed by atoms with Gasteiger partial charge in [0.25, 0.3) is 15.9 Å². The van der Waals surface area contributed by atoms with Gasteiger partial charge >= 0.3 is 6.09 Å². The molecule has 6 rings (SSSR count). The lowest BCUT2D eigenvalue weighted by molar-refractivity contribution is -0.184. The van der Waals surface area contributed by atoms with Crippen LogP contribution in [-0.4, -0.2) is 42.7 Å². The molecule has 1 atom stereocenters. The van der Waals surface area contributed by atoms with Gasteiger partial charge < -0.3 is 14.6 Å². The lowest BCUT2D eigenvalue weighted by Crippen LogP contribution is -2.46. The van der Waals surface area contributed by atoms with E-state index in [9.17, 15) is 23.1 Å². The van der Waals surface area contributed by atoms with Gasteiger partial charge in [-0.05, 0) is 54.8 Å². The Kier molecular flexibility index (Phi) is 5.29. The number of carbonyl (C=O) groups is 2.